The summed E-state index contributed by atoms with van der Waals surface area (Å²) in [6.07, 6.45) is 3.62. The van der Waals surface area contributed by atoms with Crippen LogP contribution in [0.1, 0.15) is 21.9 Å². The average molecular weight is 262 g/mol. The third-order valence-corrected chi connectivity index (χ3v) is 2.65. The third kappa shape index (κ3) is 3.03. The molecule has 0 amide bonds. The van der Waals surface area contributed by atoms with E-state index < -0.39 is 5.97 Å². The quantitative estimate of drug-likeness (QED) is 0.796. The number of carbonyl (C=O) groups is 1. The molecule has 0 aliphatic rings. The Labute approximate surface area is 109 Å². The first-order valence-corrected chi connectivity index (χ1v) is 5.71. The van der Waals surface area contributed by atoms with Crippen molar-refractivity contribution in [2.75, 3.05) is 11.9 Å². The van der Waals surface area contributed by atoms with Gasteiger partial charge in [-0.05, 0) is 6.92 Å². The number of carboxylic acid groups (broad SMARTS) is 1. The number of rotatable bonds is 5. The highest BCUT2D eigenvalue weighted by molar-refractivity contribution is 5.88. The van der Waals surface area contributed by atoms with Crippen molar-refractivity contribution >= 4 is 11.9 Å². The summed E-state index contributed by atoms with van der Waals surface area (Å²) in [5, 5.41) is 19.6. The van der Waals surface area contributed by atoms with Crippen LogP contribution in [0.25, 0.3) is 0 Å². The number of nitrogens with zero attached hydrogens (tertiary/aromatic N) is 5. The lowest BCUT2D eigenvalue weighted by Crippen LogP contribution is -2.12. The molecule has 0 aromatic carbocycles. The molecule has 0 aliphatic carbocycles. The molecule has 8 nitrogen and oxygen atoms in total. The summed E-state index contributed by atoms with van der Waals surface area (Å²) in [6, 6.07) is 0. The Balaban J connectivity index is 1.95. The summed E-state index contributed by atoms with van der Waals surface area (Å²) in [6.45, 7) is 2.23. The molecular formula is C11H14N6O2. The normalized spacial score (nSPS) is 10.4. The van der Waals surface area contributed by atoms with Crippen LogP contribution >= 0.6 is 0 Å². The topological polar surface area (TPSA) is 106 Å². The molecule has 0 unspecified atom stereocenters. The smallest absolute Gasteiger partial charge is 0.339 e. The number of hydrogen-bond acceptors (Lipinski definition) is 6. The summed E-state index contributed by atoms with van der Waals surface area (Å²) >= 11 is 0. The highest BCUT2D eigenvalue weighted by Gasteiger charge is 2.09. The lowest BCUT2D eigenvalue weighted by molar-refractivity contribution is 0.0695. The van der Waals surface area contributed by atoms with E-state index in [0.29, 0.717) is 24.6 Å². The Morgan fingerprint density at radius 2 is 2.32 bits per heavy atom. The van der Waals surface area contributed by atoms with Crippen LogP contribution < -0.4 is 5.32 Å². The molecule has 2 aromatic heterocycles. The molecule has 0 atom stereocenters. The number of aryl methyl sites for hydroxylation is 2. The molecule has 0 saturated carbocycles. The fraction of sp³-hybridized carbons (Fsp3) is 0.364. The SMILES string of the molecule is Cc1nc(NCCc2nncn2C)ncc1C(=O)O. The lowest BCUT2D eigenvalue weighted by Gasteiger charge is -2.06. The minimum Gasteiger partial charge on any atom is -0.478 e. The molecule has 8 heteroatoms. The van der Waals surface area contributed by atoms with Crippen LogP contribution in [0.5, 0.6) is 0 Å². The molecule has 0 fully saturated rings. The maximum atomic E-state index is 10.8. The van der Waals surface area contributed by atoms with Crippen molar-refractivity contribution in [3.8, 4) is 0 Å². The average Bonchev–Trinajstić information content (AvgIpc) is 2.75. The van der Waals surface area contributed by atoms with Gasteiger partial charge in [0.05, 0.1) is 11.3 Å². The zero-order chi connectivity index (χ0) is 13.8. The van der Waals surface area contributed by atoms with Gasteiger partial charge in [0.25, 0.3) is 0 Å². The minimum absolute atomic E-state index is 0.110. The van der Waals surface area contributed by atoms with E-state index in [1.807, 2.05) is 11.6 Å². The zero-order valence-corrected chi connectivity index (χ0v) is 10.7. The van der Waals surface area contributed by atoms with Gasteiger partial charge in [-0.25, -0.2) is 14.8 Å². The molecule has 2 rings (SSSR count). The van der Waals surface area contributed by atoms with Crippen LogP contribution in [-0.2, 0) is 13.5 Å². The largest absolute Gasteiger partial charge is 0.478 e. The second-order valence-electron chi connectivity index (χ2n) is 4.03. The molecule has 0 radical (unpaired) electrons. The molecule has 2 N–H and O–H groups in total. The van der Waals surface area contributed by atoms with Crippen molar-refractivity contribution in [2.24, 2.45) is 7.05 Å². The van der Waals surface area contributed by atoms with Crippen LogP contribution in [0.4, 0.5) is 5.95 Å². The Kier molecular flexibility index (Phi) is 3.69. The molecule has 0 bridgehead atoms. The Morgan fingerprint density at radius 1 is 1.53 bits per heavy atom. The van der Waals surface area contributed by atoms with Crippen LogP contribution in [0, 0.1) is 6.92 Å². The summed E-state index contributed by atoms with van der Waals surface area (Å²) in [7, 11) is 1.87. The lowest BCUT2D eigenvalue weighted by atomic mass is 10.2. The monoisotopic (exact) mass is 262 g/mol. The van der Waals surface area contributed by atoms with Crippen molar-refractivity contribution in [3.05, 3.63) is 29.6 Å². The van der Waals surface area contributed by atoms with Crippen LogP contribution in [-0.4, -0.2) is 42.4 Å². The standard InChI is InChI=1S/C11H14N6O2/c1-7-8(10(18)19)5-13-11(15-7)12-4-3-9-16-14-6-17(9)2/h5-6H,3-4H2,1-2H3,(H,18,19)(H,12,13,15). The maximum absolute atomic E-state index is 10.8. The fourth-order valence-corrected chi connectivity index (χ4v) is 1.58. The Morgan fingerprint density at radius 3 is 2.89 bits per heavy atom. The maximum Gasteiger partial charge on any atom is 0.339 e. The molecule has 19 heavy (non-hydrogen) atoms. The van der Waals surface area contributed by atoms with Crippen molar-refractivity contribution in [1.29, 1.82) is 0 Å². The zero-order valence-electron chi connectivity index (χ0n) is 10.7. The Bertz CT molecular complexity index is 595. The molecule has 2 heterocycles. The molecule has 2 aromatic rings. The number of hydrogen-bond donors (Lipinski definition) is 2. The van der Waals surface area contributed by atoms with Crippen molar-refractivity contribution in [3.63, 3.8) is 0 Å². The Hall–Kier alpha value is -2.51. The highest BCUT2D eigenvalue weighted by Crippen LogP contribution is 2.07. The first-order valence-electron chi connectivity index (χ1n) is 5.71. The molecule has 0 aliphatic heterocycles. The van der Waals surface area contributed by atoms with Crippen molar-refractivity contribution < 1.29 is 9.90 Å². The summed E-state index contributed by atoms with van der Waals surface area (Å²) in [4.78, 5) is 18.9. The van der Waals surface area contributed by atoms with E-state index in [4.69, 9.17) is 5.11 Å². The van der Waals surface area contributed by atoms with E-state index in [1.165, 1.54) is 6.20 Å². The third-order valence-electron chi connectivity index (χ3n) is 2.65. The van der Waals surface area contributed by atoms with Gasteiger partial charge in [-0.15, -0.1) is 10.2 Å². The highest BCUT2D eigenvalue weighted by atomic mass is 16.4. The second-order valence-corrected chi connectivity index (χ2v) is 4.03. The number of anilines is 1. The van der Waals surface area contributed by atoms with Gasteiger partial charge in [0.2, 0.25) is 5.95 Å². The second kappa shape index (κ2) is 5.42. The van der Waals surface area contributed by atoms with Crippen LogP contribution in [0.2, 0.25) is 0 Å². The fourth-order valence-electron chi connectivity index (χ4n) is 1.58. The summed E-state index contributed by atoms with van der Waals surface area (Å²) < 4.78 is 1.83. The molecule has 100 valence electrons. The van der Waals surface area contributed by atoms with Crippen LogP contribution in [0.3, 0.4) is 0 Å². The summed E-state index contributed by atoms with van der Waals surface area (Å²) in [5.41, 5.74) is 0.544. The van der Waals surface area contributed by atoms with Gasteiger partial charge in [-0.3, -0.25) is 0 Å². The van der Waals surface area contributed by atoms with Gasteiger partial charge in [-0.1, -0.05) is 0 Å². The van der Waals surface area contributed by atoms with Crippen molar-refractivity contribution in [2.45, 2.75) is 13.3 Å². The van der Waals surface area contributed by atoms with Gasteiger partial charge in [0.1, 0.15) is 12.2 Å². The van der Waals surface area contributed by atoms with Crippen molar-refractivity contribution in [1.82, 2.24) is 24.7 Å². The van der Waals surface area contributed by atoms with E-state index in [1.54, 1.807) is 13.3 Å². The number of carboxylic acids is 1. The van der Waals surface area contributed by atoms with Gasteiger partial charge < -0.3 is 15.0 Å². The van der Waals surface area contributed by atoms with Gasteiger partial charge in [0, 0.05) is 26.2 Å². The van der Waals surface area contributed by atoms with Crippen LogP contribution in [0.15, 0.2) is 12.5 Å². The molecule has 0 spiro atoms. The van der Waals surface area contributed by atoms with E-state index >= 15 is 0 Å². The predicted octanol–water partition coefficient (Wildman–Crippen LogP) is 0.266. The first-order chi connectivity index (χ1) is 9.08. The summed E-state index contributed by atoms with van der Waals surface area (Å²) in [5.74, 6) is 0.235. The van der Waals surface area contributed by atoms with E-state index in [2.05, 4.69) is 25.5 Å². The van der Waals surface area contributed by atoms with E-state index in [-0.39, 0.29) is 5.56 Å². The number of aromatic nitrogens is 5. The van der Waals surface area contributed by atoms with Gasteiger partial charge in [0.15, 0.2) is 0 Å². The predicted molar refractivity (Wildman–Crippen MR) is 66.9 cm³/mol. The number of nitrogens with one attached hydrogen (secondary N) is 1. The van der Waals surface area contributed by atoms with Gasteiger partial charge >= 0.3 is 5.97 Å². The van der Waals surface area contributed by atoms with Gasteiger partial charge in [-0.2, -0.15) is 0 Å². The first kappa shape index (κ1) is 12.9. The van der Waals surface area contributed by atoms with E-state index in [9.17, 15) is 4.79 Å². The minimum atomic E-state index is -1.02. The molecular weight excluding hydrogens is 248 g/mol. The van der Waals surface area contributed by atoms with E-state index in [0.717, 1.165) is 5.82 Å². The molecule has 0 saturated heterocycles. The number of aromatic carboxylic acids is 1.